The Bertz CT molecular complexity index is 266. The van der Waals surface area contributed by atoms with Gasteiger partial charge in [0.1, 0.15) is 13.2 Å². The van der Waals surface area contributed by atoms with E-state index in [2.05, 4.69) is 0 Å². The minimum Gasteiger partial charge on any atom is -0.464 e. The van der Waals surface area contributed by atoms with Crippen molar-refractivity contribution < 1.29 is 19.1 Å². The van der Waals surface area contributed by atoms with Crippen molar-refractivity contribution in [2.75, 3.05) is 26.3 Å². The summed E-state index contributed by atoms with van der Waals surface area (Å²) in [5.41, 5.74) is 10.1. The van der Waals surface area contributed by atoms with E-state index >= 15 is 0 Å². The van der Waals surface area contributed by atoms with Crippen LogP contribution in [0.15, 0.2) is 0 Å². The molecule has 1 aliphatic carbocycles. The topological polar surface area (TPSA) is 105 Å². The highest BCUT2D eigenvalue weighted by molar-refractivity contribution is 5.71. The highest BCUT2D eigenvalue weighted by Gasteiger charge is 2.35. The maximum atomic E-state index is 11.1. The molecule has 6 heteroatoms. The molecular formula is C12H22N2O4. The summed E-state index contributed by atoms with van der Waals surface area (Å²) in [6, 6.07) is 0. The quantitative estimate of drug-likeness (QED) is 0.647. The Morgan fingerprint density at radius 1 is 0.889 bits per heavy atom. The van der Waals surface area contributed by atoms with Crippen molar-refractivity contribution in [2.24, 2.45) is 16.9 Å². The molecule has 0 aromatic heterocycles. The Labute approximate surface area is 107 Å². The zero-order valence-corrected chi connectivity index (χ0v) is 10.7. The number of rotatable bonds is 6. The van der Waals surface area contributed by atoms with Gasteiger partial charge in [-0.3, -0.25) is 9.59 Å². The molecule has 1 fully saturated rings. The lowest BCUT2D eigenvalue weighted by molar-refractivity contribution is -0.154. The monoisotopic (exact) mass is 258 g/mol. The number of ether oxygens (including phenoxy) is 2. The van der Waals surface area contributed by atoms with Gasteiger partial charge in [0.15, 0.2) is 0 Å². The molecule has 0 aromatic carbocycles. The second kappa shape index (κ2) is 7.33. The summed E-state index contributed by atoms with van der Waals surface area (Å²) in [7, 11) is 0. The third kappa shape index (κ3) is 4.62. The van der Waals surface area contributed by atoms with Crippen molar-refractivity contribution in [3.8, 4) is 0 Å². The van der Waals surface area contributed by atoms with Gasteiger partial charge in [-0.25, -0.2) is 0 Å². The van der Waals surface area contributed by atoms with E-state index in [-0.39, 0.29) is 31.7 Å². The number of nitrogens with two attached hydrogens (primary N) is 2. The van der Waals surface area contributed by atoms with Gasteiger partial charge in [0.2, 0.25) is 0 Å². The molecule has 0 amide bonds. The summed E-state index contributed by atoms with van der Waals surface area (Å²) < 4.78 is 10.2. The molecule has 0 aliphatic heterocycles. The van der Waals surface area contributed by atoms with Gasteiger partial charge in [-0.2, -0.15) is 0 Å². The molecule has 4 N–H and O–H groups in total. The Kier molecular flexibility index (Phi) is 6.07. The zero-order valence-electron chi connectivity index (χ0n) is 10.7. The van der Waals surface area contributed by atoms with E-state index in [0.717, 1.165) is 32.1 Å². The van der Waals surface area contributed by atoms with E-state index in [1.54, 1.807) is 0 Å². The number of hydrogen-bond donors (Lipinski definition) is 2. The summed E-state index contributed by atoms with van der Waals surface area (Å²) in [6.45, 7) is 0.277. The molecule has 0 atom stereocenters. The van der Waals surface area contributed by atoms with Crippen LogP contribution in [0.2, 0.25) is 0 Å². The summed E-state index contributed by atoms with van der Waals surface area (Å²) in [4.78, 5) is 22.2. The average Bonchev–Trinajstić information content (AvgIpc) is 2.43. The molecule has 0 heterocycles. The van der Waals surface area contributed by atoms with Gasteiger partial charge >= 0.3 is 11.9 Å². The first-order chi connectivity index (χ1) is 8.62. The molecule has 1 saturated carbocycles. The zero-order chi connectivity index (χ0) is 13.4. The fraction of sp³-hybridized carbons (Fsp3) is 0.833. The summed E-state index contributed by atoms with van der Waals surface area (Å²) in [5.74, 6) is -0.852. The minimum atomic E-state index is -0.426. The van der Waals surface area contributed by atoms with Gasteiger partial charge < -0.3 is 20.9 Å². The third-order valence-electron chi connectivity index (χ3n) is 3.33. The normalized spacial score (nSPS) is 18.1. The molecule has 0 unspecified atom stereocenters. The van der Waals surface area contributed by atoms with Crippen molar-refractivity contribution >= 4 is 11.9 Å². The Morgan fingerprint density at radius 3 is 1.72 bits per heavy atom. The molecule has 0 saturated heterocycles. The Balaban J connectivity index is 2.51. The van der Waals surface area contributed by atoms with E-state index in [1.807, 2.05) is 0 Å². The predicted octanol–water partition coefficient (Wildman–Crippen LogP) is -0.0593. The SMILES string of the molecule is NCC(=O)OCC1(COC(=O)CN)CCCCC1. The van der Waals surface area contributed by atoms with Crippen LogP contribution in [0.1, 0.15) is 32.1 Å². The second-order valence-electron chi connectivity index (χ2n) is 4.79. The van der Waals surface area contributed by atoms with Crippen LogP contribution >= 0.6 is 0 Å². The van der Waals surface area contributed by atoms with Crippen LogP contribution in [0, 0.1) is 5.41 Å². The second-order valence-corrected chi connectivity index (χ2v) is 4.79. The number of carbonyl (C=O) groups is 2. The maximum Gasteiger partial charge on any atom is 0.319 e. The lowest BCUT2D eigenvalue weighted by atomic mass is 9.75. The predicted molar refractivity (Wildman–Crippen MR) is 65.5 cm³/mol. The molecule has 0 bridgehead atoms. The van der Waals surface area contributed by atoms with Crippen LogP contribution in [0.4, 0.5) is 0 Å². The lowest BCUT2D eigenvalue weighted by Crippen LogP contribution is -2.37. The van der Waals surface area contributed by atoms with Crippen molar-refractivity contribution in [2.45, 2.75) is 32.1 Å². The van der Waals surface area contributed by atoms with E-state index in [1.165, 1.54) is 0 Å². The van der Waals surface area contributed by atoms with Crippen LogP contribution in [0.25, 0.3) is 0 Å². The fourth-order valence-corrected chi connectivity index (χ4v) is 2.22. The highest BCUT2D eigenvalue weighted by Crippen LogP contribution is 2.36. The van der Waals surface area contributed by atoms with Crippen molar-refractivity contribution in [1.29, 1.82) is 0 Å². The van der Waals surface area contributed by atoms with E-state index < -0.39 is 11.9 Å². The smallest absolute Gasteiger partial charge is 0.319 e. The summed E-state index contributed by atoms with van der Waals surface area (Å²) in [6.07, 6.45) is 5.06. The van der Waals surface area contributed by atoms with Gasteiger partial charge in [0, 0.05) is 5.41 Å². The lowest BCUT2D eigenvalue weighted by Gasteiger charge is -2.35. The Morgan fingerprint density at radius 2 is 1.33 bits per heavy atom. The first-order valence-electron chi connectivity index (χ1n) is 6.33. The fourth-order valence-electron chi connectivity index (χ4n) is 2.22. The van der Waals surface area contributed by atoms with E-state index in [0.29, 0.717) is 0 Å². The van der Waals surface area contributed by atoms with Crippen molar-refractivity contribution in [3.05, 3.63) is 0 Å². The van der Waals surface area contributed by atoms with E-state index in [4.69, 9.17) is 20.9 Å². The minimum absolute atomic E-state index is 0.126. The van der Waals surface area contributed by atoms with Crippen molar-refractivity contribution in [3.63, 3.8) is 0 Å². The highest BCUT2D eigenvalue weighted by atomic mass is 16.5. The number of carbonyl (C=O) groups excluding carboxylic acids is 2. The van der Waals surface area contributed by atoms with Gasteiger partial charge in [-0.1, -0.05) is 19.3 Å². The standard InChI is InChI=1S/C12H22N2O4/c13-6-10(15)17-8-12(4-2-1-3-5-12)9-18-11(16)7-14/h1-9,13-14H2. The van der Waals surface area contributed by atoms with Crippen LogP contribution in [0.3, 0.4) is 0 Å². The maximum absolute atomic E-state index is 11.1. The molecule has 104 valence electrons. The van der Waals surface area contributed by atoms with Gasteiger partial charge in [-0.15, -0.1) is 0 Å². The first-order valence-corrected chi connectivity index (χ1v) is 6.33. The molecule has 1 rings (SSSR count). The van der Waals surface area contributed by atoms with Gasteiger partial charge in [0.05, 0.1) is 13.1 Å². The number of hydrogen-bond acceptors (Lipinski definition) is 6. The number of esters is 2. The molecular weight excluding hydrogens is 236 g/mol. The molecule has 0 radical (unpaired) electrons. The summed E-state index contributed by atoms with van der Waals surface area (Å²) >= 11 is 0. The van der Waals surface area contributed by atoms with E-state index in [9.17, 15) is 9.59 Å². The Hall–Kier alpha value is -1.14. The average molecular weight is 258 g/mol. The molecule has 0 spiro atoms. The van der Waals surface area contributed by atoms with Crippen LogP contribution in [-0.2, 0) is 19.1 Å². The molecule has 6 nitrogen and oxygen atoms in total. The molecule has 0 aromatic rings. The molecule has 1 aliphatic rings. The van der Waals surface area contributed by atoms with Gasteiger partial charge in [-0.05, 0) is 12.8 Å². The van der Waals surface area contributed by atoms with Crippen molar-refractivity contribution in [1.82, 2.24) is 0 Å². The van der Waals surface area contributed by atoms with Crippen LogP contribution in [-0.4, -0.2) is 38.2 Å². The van der Waals surface area contributed by atoms with Gasteiger partial charge in [0.25, 0.3) is 0 Å². The van der Waals surface area contributed by atoms with Crippen LogP contribution < -0.4 is 11.5 Å². The third-order valence-corrected chi connectivity index (χ3v) is 3.33. The first kappa shape index (κ1) is 14.9. The van der Waals surface area contributed by atoms with Crippen LogP contribution in [0.5, 0.6) is 0 Å². The largest absolute Gasteiger partial charge is 0.464 e. The summed E-state index contributed by atoms with van der Waals surface area (Å²) in [5, 5.41) is 0. The molecule has 18 heavy (non-hydrogen) atoms.